The molecule has 6 heteroatoms. The summed E-state index contributed by atoms with van der Waals surface area (Å²) in [6.07, 6.45) is 7.73. The number of nitriles is 1. The maximum atomic E-state index is 9.09. The van der Waals surface area contributed by atoms with Crippen LogP contribution in [0.4, 0.5) is 5.82 Å². The summed E-state index contributed by atoms with van der Waals surface area (Å²) < 4.78 is 0. The first-order chi connectivity index (χ1) is 15.2. The Labute approximate surface area is 182 Å². The van der Waals surface area contributed by atoms with Gasteiger partial charge in [0.25, 0.3) is 0 Å². The van der Waals surface area contributed by atoms with E-state index in [9.17, 15) is 0 Å². The van der Waals surface area contributed by atoms with Gasteiger partial charge in [-0.1, -0.05) is 30.3 Å². The van der Waals surface area contributed by atoms with Gasteiger partial charge in [-0.25, -0.2) is 4.98 Å². The van der Waals surface area contributed by atoms with E-state index in [0.717, 1.165) is 58.8 Å². The molecular weight excluding hydrogens is 384 g/mol. The summed E-state index contributed by atoms with van der Waals surface area (Å²) in [6, 6.07) is 16.3. The van der Waals surface area contributed by atoms with E-state index in [1.165, 1.54) is 0 Å². The highest BCUT2D eigenvalue weighted by Gasteiger charge is 2.20. The van der Waals surface area contributed by atoms with Crippen molar-refractivity contribution in [2.24, 2.45) is 10.7 Å². The molecule has 1 aliphatic heterocycles. The molecule has 6 nitrogen and oxygen atoms in total. The van der Waals surface area contributed by atoms with E-state index in [1.54, 1.807) is 12.4 Å². The zero-order valence-corrected chi connectivity index (χ0v) is 17.5. The predicted molar refractivity (Wildman–Crippen MR) is 123 cm³/mol. The SMILES string of the molecule is Cc1cc(C#N)cnc1N1CCc2ncc(/C(C=NCc3ccccc3)=C/N)cc2C1. The fraction of sp³-hybridized carbons (Fsp3) is 0.200. The van der Waals surface area contributed by atoms with Gasteiger partial charge in [0.15, 0.2) is 0 Å². The fourth-order valence-corrected chi connectivity index (χ4v) is 3.77. The van der Waals surface area contributed by atoms with E-state index in [4.69, 9.17) is 11.0 Å². The second-order valence-electron chi connectivity index (χ2n) is 7.56. The second kappa shape index (κ2) is 9.23. The summed E-state index contributed by atoms with van der Waals surface area (Å²) in [5.41, 5.74) is 12.7. The molecule has 2 aromatic heterocycles. The first-order valence-corrected chi connectivity index (χ1v) is 10.2. The zero-order chi connectivity index (χ0) is 21.6. The number of hydrogen-bond donors (Lipinski definition) is 1. The quantitative estimate of drug-likeness (QED) is 0.649. The van der Waals surface area contributed by atoms with E-state index in [0.29, 0.717) is 12.1 Å². The maximum absolute atomic E-state index is 9.09. The van der Waals surface area contributed by atoms with Crippen LogP contribution < -0.4 is 10.6 Å². The van der Waals surface area contributed by atoms with Gasteiger partial charge in [-0.2, -0.15) is 5.26 Å². The molecule has 0 unspecified atom stereocenters. The van der Waals surface area contributed by atoms with Crippen molar-refractivity contribution in [3.8, 4) is 6.07 Å². The number of benzene rings is 1. The predicted octanol–water partition coefficient (Wildman–Crippen LogP) is 3.79. The van der Waals surface area contributed by atoms with Gasteiger partial charge in [-0.15, -0.1) is 0 Å². The summed E-state index contributed by atoms with van der Waals surface area (Å²) in [5, 5.41) is 9.09. The van der Waals surface area contributed by atoms with Gasteiger partial charge < -0.3 is 10.6 Å². The molecule has 0 aliphatic carbocycles. The Bertz CT molecular complexity index is 1170. The number of aromatic nitrogens is 2. The van der Waals surface area contributed by atoms with Crippen molar-refractivity contribution >= 4 is 17.6 Å². The number of nitrogens with two attached hydrogens (primary N) is 1. The molecule has 0 radical (unpaired) electrons. The Kier molecular flexibility index (Phi) is 6.04. The lowest BCUT2D eigenvalue weighted by Gasteiger charge is -2.30. The average molecular weight is 409 g/mol. The van der Waals surface area contributed by atoms with Gasteiger partial charge in [0.05, 0.1) is 12.1 Å². The summed E-state index contributed by atoms with van der Waals surface area (Å²) in [4.78, 5) is 16.0. The first-order valence-electron chi connectivity index (χ1n) is 10.2. The normalized spacial score (nSPS) is 13.8. The number of hydrogen-bond acceptors (Lipinski definition) is 6. The van der Waals surface area contributed by atoms with Gasteiger partial charge in [-0.05, 0) is 35.7 Å². The van der Waals surface area contributed by atoms with Crippen LogP contribution in [0.5, 0.6) is 0 Å². The average Bonchev–Trinajstić information content (AvgIpc) is 2.81. The maximum Gasteiger partial charge on any atom is 0.131 e. The molecule has 0 spiro atoms. The van der Waals surface area contributed by atoms with Crippen LogP contribution in [-0.4, -0.2) is 22.7 Å². The van der Waals surface area contributed by atoms with E-state index in [-0.39, 0.29) is 0 Å². The van der Waals surface area contributed by atoms with Crippen LogP contribution in [0, 0.1) is 18.3 Å². The van der Waals surface area contributed by atoms with Crippen molar-refractivity contribution in [1.29, 1.82) is 5.26 Å². The third-order valence-electron chi connectivity index (χ3n) is 5.38. The van der Waals surface area contributed by atoms with E-state index in [1.807, 2.05) is 43.6 Å². The molecule has 154 valence electrons. The van der Waals surface area contributed by atoms with Gasteiger partial charge in [0, 0.05) is 61.1 Å². The molecule has 4 rings (SSSR count). The van der Waals surface area contributed by atoms with Crippen LogP contribution in [0.2, 0.25) is 0 Å². The number of pyridine rings is 2. The largest absolute Gasteiger partial charge is 0.404 e. The highest BCUT2D eigenvalue weighted by Crippen LogP contribution is 2.26. The van der Waals surface area contributed by atoms with Crippen LogP contribution in [-0.2, 0) is 19.5 Å². The van der Waals surface area contributed by atoms with Crippen molar-refractivity contribution in [1.82, 2.24) is 9.97 Å². The van der Waals surface area contributed by atoms with Gasteiger partial charge in [0.1, 0.15) is 11.9 Å². The minimum atomic E-state index is 0.579. The zero-order valence-electron chi connectivity index (χ0n) is 17.5. The molecule has 3 aromatic rings. The van der Waals surface area contributed by atoms with E-state index < -0.39 is 0 Å². The van der Waals surface area contributed by atoms with Crippen LogP contribution in [0.15, 0.2) is 66.1 Å². The standard InChI is InChI=1S/C25H24N6/c1-18-9-20(11-26)14-30-25(18)31-8-7-24-22(17-31)10-21(16-29-24)23(12-27)15-28-13-19-5-3-2-4-6-19/h2-6,9-10,12,14-16H,7-8,13,17,27H2,1H3/b23-12+,28-15?. The molecule has 0 atom stereocenters. The number of rotatable bonds is 5. The number of aliphatic imine (C=N–C) groups is 1. The van der Waals surface area contributed by atoms with Crippen LogP contribution in [0.3, 0.4) is 0 Å². The molecule has 0 saturated heterocycles. The van der Waals surface area contributed by atoms with Crippen molar-refractivity contribution in [2.75, 3.05) is 11.4 Å². The highest BCUT2D eigenvalue weighted by atomic mass is 15.2. The fourth-order valence-electron chi connectivity index (χ4n) is 3.77. The molecule has 3 heterocycles. The molecule has 0 saturated carbocycles. The number of aryl methyl sites for hydroxylation is 1. The molecule has 0 fully saturated rings. The molecule has 0 amide bonds. The Morgan fingerprint density at radius 3 is 2.81 bits per heavy atom. The van der Waals surface area contributed by atoms with Crippen LogP contribution >= 0.6 is 0 Å². The lowest BCUT2D eigenvalue weighted by Crippen LogP contribution is -2.32. The Morgan fingerprint density at radius 1 is 1.23 bits per heavy atom. The molecule has 1 aliphatic rings. The van der Waals surface area contributed by atoms with Crippen molar-refractivity contribution < 1.29 is 0 Å². The molecule has 31 heavy (non-hydrogen) atoms. The van der Waals surface area contributed by atoms with Gasteiger partial charge in [0.2, 0.25) is 0 Å². The Morgan fingerprint density at radius 2 is 2.06 bits per heavy atom. The van der Waals surface area contributed by atoms with Crippen molar-refractivity contribution in [3.05, 3.63) is 94.6 Å². The summed E-state index contributed by atoms with van der Waals surface area (Å²) >= 11 is 0. The molecule has 0 bridgehead atoms. The molecular formula is C25H24N6. The second-order valence-corrected chi connectivity index (χ2v) is 7.56. The first kappa shape index (κ1) is 20.3. The number of anilines is 1. The Hall–Kier alpha value is -3.98. The van der Waals surface area contributed by atoms with Gasteiger partial charge in [-0.3, -0.25) is 9.98 Å². The van der Waals surface area contributed by atoms with Crippen LogP contribution in [0.25, 0.3) is 5.57 Å². The lowest BCUT2D eigenvalue weighted by molar-refractivity contribution is 0.700. The third-order valence-corrected chi connectivity index (χ3v) is 5.38. The van der Waals surface area contributed by atoms with Crippen molar-refractivity contribution in [3.63, 3.8) is 0 Å². The summed E-state index contributed by atoms with van der Waals surface area (Å²) in [6.45, 7) is 4.16. The van der Waals surface area contributed by atoms with Crippen LogP contribution in [0.1, 0.15) is 33.5 Å². The highest BCUT2D eigenvalue weighted by molar-refractivity contribution is 6.09. The number of nitrogens with zero attached hydrogens (tertiary/aromatic N) is 5. The van der Waals surface area contributed by atoms with E-state index >= 15 is 0 Å². The summed E-state index contributed by atoms with van der Waals surface area (Å²) in [7, 11) is 0. The van der Waals surface area contributed by atoms with E-state index in [2.05, 4.69) is 44.1 Å². The van der Waals surface area contributed by atoms with Gasteiger partial charge >= 0.3 is 0 Å². The summed E-state index contributed by atoms with van der Waals surface area (Å²) in [5.74, 6) is 0.911. The third kappa shape index (κ3) is 4.62. The lowest BCUT2D eigenvalue weighted by atomic mass is 10.0. The Balaban J connectivity index is 1.53. The minimum Gasteiger partial charge on any atom is -0.404 e. The monoisotopic (exact) mass is 408 g/mol. The smallest absolute Gasteiger partial charge is 0.131 e. The number of allylic oxidation sites excluding steroid dienone is 1. The minimum absolute atomic E-state index is 0.579. The van der Waals surface area contributed by atoms with Crippen molar-refractivity contribution in [2.45, 2.75) is 26.4 Å². The number of fused-ring (bicyclic) bond motifs is 1. The topological polar surface area (TPSA) is 91.2 Å². The molecule has 2 N–H and O–H groups in total. The molecule has 1 aromatic carbocycles.